The Kier molecular flexibility index (Phi) is 3.54. The van der Waals surface area contributed by atoms with E-state index in [1.165, 1.54) is 0 Å². The zero-order valence-corrected chi connectivity index (χ0v) is 11.3. The Morgan fingerprint density at radius 3 is 2.75 bits per heavy atom. The summed E-state index contributed by atoms with van der Waals surface area (Å²) < 4.78 is 11.0. The zero-order chi connectivity index (χ0) is 13.8. The standard InChI is InChI=1S/C16H16N2O2/c1-19-13-8-5-9-14-16(13)18-15(20-14)10-11-17-12-6-3-2-4-7-12/h2-9,17H,10-11H2,1H3. The van der Waals surface area contributed by atoms with Crippen LogP contribution in [0.4, 0.5) is 5.69 Å². The van der Waals surface area contributed by atoms with Crippen molar-refractivity contribution in [3.63, 3.8) is 0 Å². The number of oxazole rings is 1. The molecule has 0 aliphatic carbocycles. The molecule has 0 amide bonds. The van der Waals surface area contributed by atoms with Gasteiger partial charge in [0.15, 0.2) is 17.0 Å². The van der Waals surface area contributed by atoms with Crippen molar-refractivity contribution in [2.24, 2.45) is 0 Å². The number of nitrogens with one attached hydrogen (secondary N) is 1. The molecule has 0 unspecified atom stereocenters. The largest absolute Gasteiger partial charge is 0.494 e. The molecule has 0 saturated heterocycles. The molecule has 0 saturated carbocycles. The summed E-state index contributed by atoms with van der Waals surface area (Å²) in [5.74, 6) is 1.46. The van der Waals surface area contributed by atoms with Crippen LogP contribution in [0.3, 0.4) is 0 Å². The molecule has 1 aromatic heterocycles. The number of aromatic nitrogens is 1. The molecule has 102 valence electrons. The first-order valence-corrected chi connectivity index (χ1v) is 6.58. The summed E-state index contributed by atoms with van der Waals surface area (Å²) >= 11 is 0. The number of ether oxygens (including phenoxy) is 1. The number of benzene rings is 2. The highest BCUT2D eigenvalue weighted by molar-refractivity contribution is 5.79. The lowest BCUT2D eigenvalue weighted by atomic mass is 10.3. The number of para-hydroxylation sites is 2. The Labute approximate surface area is 117 Å². The van der Waals surface area contributed by atoms with Crippen LogP contribution in [0.1, 0.15) is 5.89 Å². The van der Waals surface area contributed by atoms with Crippen molar-refractivity contribution in [1.29, 1.82) is 0 Å². The number of rotatable bonds is 5. The van der Waals surface area contributed by atoms with Crippen molar-refractivity contribution in [2.75, 3.05) is 19.0 Å². The Morgan fingerprint density at radius 1 is 1.10 bits per heavy atom. The van der Waals surface area contributed by atoms with Gasteiger partial charge in [0, 0.05) is 18.7 Å². The minimum Gasteiger partial charge on any atom is -0.494 e. The predicted molar refractivity (Wildman–Crippen MR) is 79.2 cm³/mol. The zero-order valence-electron chi connectivity index (χ0n) is 11.3. The van der Waals surface area contributed by atoms with Gasteiger partial charge < -0.3 is 14.5 Å². The van der Waals surface area contributed by atoms with E-state index in [2.05, 4.69) is 10.3 Å². The minimum atomic E-state index is 0.716. The van der Waals surface area contributed by atoms with Crippen molar-refractivity contribution in [3.05, 3.63) is 54.4 Å². The summed E-state index contributed by atoms with van der Waals surface area (Å²) in [6.07, 6.45) is 0.729. The number of hydrogen-bond acceptors (Lipinski definition) is 4. The van der Waals surface area contributed by atoms with Gasteiger partial charge in [0.05, 0.1) is 7.11 Å². The molecule has 3 rings (SSSR count). The number of anilines is 1. The lowest BCUT2D eigenvalue weighted by Crippen LogP contribution is -2.04. The summed E-state index contributed by atoms with van der Waals surface area (Å²) in [6.45, 7) is 0.777. The fraction of sp³-hybridized carbons (Fsp3) is 0.188. The van der Waals surface area contributed by atoms with Crippen LogP contribution in [-0.2, 0) is 6.42 Å². The van der Waals surface area contributed by atoms with Gasteiger partial charge in [0.2, 0.25) is 0 Å². The fourth-order valence-electron chi connectivity index (χ4n) is 2.11. The monoisotopic (exact) mass is 268 g/mol. The molecule has 0 aliphatic rings. The summed E-state index contributed by atoms with van der Waals surface area (Å²) in [4.78, 5) is 4.48. The van der Waals surface area contributed by atoms with Crippen LogP contribution < -0.4 is 10.1 Å². The molecule has 3 aromatic rings. The number of fused-ring (bicyclic) bond motifs is 1. The molecule has 2 aromatic carbocycles. The van der Waals surface area contributed by atoms with Crippen LogP contribution in [0.5, 0.6) is 5.75 Å². The molecule has 0 aliphatic heterocycles. The molecule has 4 nitrogen and oxygen atoms in total. The first kappa shape index (κ1) is 12.5. The Bertz CT molecular complexity index is 692. The van der Waals surface area contributed by atoms with E-state index in [1.807, 2.05) is 48.5 Å². The summed E-state index contributed by atoms with van der Waals surface area (Å²) in [6, 6.07) is 15.8. The van der Waals surface area contributed by atoms with E-state index >= 15 is 0 Å². The normalized spacial score (nSPS) is 10.7. The molecule has 0 spiro atoms. The van der Waals surface area contributed by atoms with Crippen LogP contribution in [0.25, 0.3) is 11.1 Å². The Balaban J connectivity index is 1.69. The Morgan fingerprint density at radius 2 is 1.95 bits per heavy atom. The summed E-state index contributed by atoms with van der Waals surface area (Å²) in [5, 5.41) is 3.33. The molecular weight excluding hydrogens is 252 g/mol. The van der Waals surface area contributed by atoms with Gasteiger partial charge in [-0.1, -0.05) is 24.3 Å². The van der Waals surface area contributed by atoms with Crippen molar-refractivity contribution >= 4 is 16.8 Å². The van der Waals surface area contributed by atoms with E-state index in [0.717, 1.165) is 35.5 Å². The Hall–Kier alpha value is -2.49. The lowest BCUT2D eigenvalue weighted by Gasteiger charge is -2.03. The van der Waals surface area contributed by atoms with Gasteiger partial charge in [0.1, 0.15) is 5.75 Å². The third kappa shape index (κ3) is 2.59. The molecule has 1 heterocycles. The topological polar surface area (TPSA) is 47.3 Å². The first-order valence-electron chi connectivity index (χ1n) is 6.58. The highest BCUT2D eigenvalue weighted by atomic mass is 16.5. The number of hydrogen-bond donors (Lipinski definition) is 1. The molecule has 1 N–H and O–H groups in total. The molecule has 20 heavy (non-hydrogen) atoms. The van der Waals surface area contributed by atoms with E-state index in [4.69, 9.17) is 9.15 Å². The second-order valence-electron chi connectivity index (χ2n) is 4.46. The minimum absolute atomic E-state index is 0.716. The molecule has 0 radical (unpaired) electrons. The highest BCUT2D eigenvalue weighted by Gasteiger charge is 2.09. The summed E-state index contributed by atoms with van der Waals surface area (Å²) in [7, 11) is 1.64. The maximum Gasteiger partial charge on any atom is 0.197 e. The molecule has 4 heteroatoms. The average molecular weight is 268 g/mol. The van der Waals surface area contributed by atoms with Crippen LogP contribution in [0.2, 0.25) is 0 Å². The van der Waals surface area contributed by atoms with E-state index in [1.54, 1.807) is 7.11 Å². The van der Waals surface area contributed by atoms with Crippen molar-refractivity contribution < 1.29 is 9.15 Å². The molecular formula is C16H16N2O2. The summed E-state index contributed by atoms with van der Waals surface area (Å²) in [5.41, 5.74) is 2.64. The van der Waals surface area contributed by atoms with Crippen molar-refractivity contribution in [1.82, 2.24) is 4.98 Å². The third-order valence-electron chi connectivity index (χ3n) is 3.09. The maximum absolute atomic E-state index is 5.72. The van der Waals surface area contributed by atoms with E-state index in [9.17, 15) is 0 Å². The van der Waals surface area contributed by atoms with Crippen LogP contribution in [0.15, 0.2) is 52.9 Å². The van der Waals surface area contributed by atoms with Gasteiger partial charge in [-0.05, 0) is 24.3 Å². The van der Waals surface area contributed by atoms with E-state index in [-0.39, 0.29) is 0 Å². The number of methoxy groups -OCH3 is 1. The lowest BCUT2D eigenvalue weighted by molar-refractivity contribution is 0.419. The van der Waals surface area contributed by atoms with Crippen LogP contribution in [-0.4, -0.2) is 18.6 Å². The second-order valence-corrected chi connectivity index (χ2v) is 4.46. The van der Waals surface area contributed by atoms with Crippen molar-refractivity contribution in [3.8, 4) is 5.75 Å². The SMILES string of the molecule is COc1cccc2oc(CCNc3ccccc3)nc12. The first-order chi connectivity index (χ1) is 9.86. The quantitative estimate of drug-likeness (QED) is 0.769. The molecule has 0 fully saturated rings. The maximum atomic E-state index is 5.72. The number of nitrogens with zero attached hydrogens (tertiary/aromatic N) is 1. The van der Waals surface area contributed by atoms with Gasteiger partial charge in [0.25, 0.3) is 0 Å². The van der Waals surface area contributed by atoms with E-state index in [0.29, 0.717) is 5.89 Å². The van der Waals surface area contributed by atoms with Gasteiger partial charge in [-0.3, -0.25) is 0 Å². The van der Waals surface area contributed by atoms with Gasteiger partial charge in [-0.15, -0.1) is 0 Å². The smallest absolute Gasteiger partial charge is 0.197 e. The van der Waals surface area contributed by atoms with Gasteiger partial charge >= 0.3 is 0 Å². The third-order valence-corrected chi connectivity index (χ3v) is 3.09. The molecule has 0 atom stereocenters. The second kappa shape index (κ2) is 5.65. The highest BCUT2D eigenvalue weighted by Crippen LogP contribution is 2.25. The van der Waals surface area contributed by atoms with Gasteiger partial charge in [-0.2, -0.15) is 0 Å². The van der Waals surface area contributed by atoms with Gasteiger partial charge in [-0.25, -0.2) is 4.98 Å². The fourth-order valence-corrected chi connectivity index (χ4v) is 2.11. The predicted octanol–water partition coefficient (Wildman–Crippen LogP) is 3.49. The van der Waals surface area contributed by atoms with E-state index < -0.39 is 0 Å². The molecule has 0 bridgehead atoms. The van der Waals surface area contributed by atoms with Crippen LogP contribution >= 0.6 is 0 Å². The van der Waals surface area contributed by atoms with Crippen LogP contribution in [0, 0.1) is 0 Å². The van der Waals surface area contributed by atoms with Crippen molar-refractivity contribution in [2.45, 2.75) is 6.42 Å². The average Bonchev–Trinajstić information content (AvgIpc) is 2.91.